The van der Waals surface area contributed by atoms with Crippen molar-refractivity contribution in [1.29, 1.82) is 0 Å². The van der Waals surface area contributed by atoms with Gasteiger partial charge in [0.1, 0.15) is 0 Å². The Morgan fingerprint density at radius 3 is 2.46 bits per heavy atom. The Labute approximate surface area is 218 Å². The highest BCUT2D eigenvalue weighted by molar-refractivity contribution is 7.80. The standard InChI is InChI=1S/C29H49N3O2S/c1-5-34-24(33)28(4)14-8-13-27(3)21(28)12-16-29-17-23(26(2,18-29)15-11-22(27)29)32-25(35)31-20-10-7-6-9-19(20)30/h19-23H,5-18,30H2,1-4H3,(H2,31,32,35)/t19-,20-,21+,22+,23-,26+,27-,28-,29+/m1/s1. The maximum atomic E-state index is 13.2. The van der Waals surface area contributed by atoms with Crippen molar-refractivity contribution in [3.63, 3.8) is 0 Å². The molecular formula is C29H49N3O2S. The molecule has 5 saturated carbocycles. The molecule has 1 spiro atoms. The van der Waals surface area contributed by atoms with Gasteiger partial charge in [0, 0.05) is 18.1 Å². The van der Waals surface area contributed by atoms with Gasteiger partial charge in [-0.1, -0.05) is 33.1 Å². The lowest BCUT2D eigenvalue weighted by molar-refractivity contribution is -0.187. The van der Waals surface area contributed by atoms with E-state index in [-0.39, 0.29) is 22.8 Å². The number of thiocarbonyl (C=S) groups is 1. The maximum absolute atomic E-state index is 13.2. The third-order valence-corrected chi connectivity index (χ3v) is 12.1. The molecule has 6 heteroatoms. The number of nitrogens with one attached hydrogen (secondary N) is 2. The average molecular weight is 504 g/mol. The van der Waals surface area contributed by atoms with Crippen molar-refractivity contribution in [3.8, 4) is 0 Å². The molecule has 5 rings (SSSR count). The number of hydrogen-bond donors (Lipinski definition) is 3. The number of nitrogens with two attached hydrogens (primary N) is 1. The summed E-state index contributed by atoms with van der Waals surface area (Å²) < 4.78 is 5.64. The normalized spacial score (nSPS) is 48.9. The lowest BCUT2D eigenvalue weighted by Gasteiger charge is -2.64. The molecule has 5 aliphatic rings. The van der Waals surface area contributed by atoms with Crippen molar-refractivity contribution in [2.75, 3.05) is 6.61 Å². The van der Waals surface area contributed by atoms with Gasteiger partial charge in [-0.3, -0.25) is 4.79 Å². The SMILES string of the molecule is CCOC(=O)[C@]1(C)CCC[C@@]2(C)[C@@H]3CC[C@@]4(C)C[C@]3(CC[C@@H]21)C[C@H]4NC(=S)N[C@@H]1CCCC[C@H]1N. The number of fused-ring (bicyclic) bond motifs is 3. The Bertz CT molecular complexity index is 852. The van der Waals surface area contributed by atoms with E-state index >= 15 is 0 Å². The van der Waals surface area contributed by atoms with Gasteiger partial charge in [0.2, 0.25) is 0 Å². The van der Waals surface area contributed by atoms with E-state index in [0.29, 0.717) is 41.4 Å². The second-order valence-corrected chi connectivity index (χ2v) is 14.2. The number of rotatable bonds is 4. The summed E-state index contributed by atoms with van der Waals surface area (Å²) >= 11 is 5.85. The number of esters is 1. The first-order chi connectivity index (χ1) is 16.6. The summed E-state index contributed by atoms with van der Waals surface area (Å²) in [6.07, 6.45) is 15.5. The van der Waals surface area contributed by atoms with Crippen LogP contribution in [-0.4, -0.2) is 35.8 Å². The summed E-state index contributed by atoms with van der Waals surface area (Å²) in [4.78, 5) is 13.2. The second-order valence-electron chi connectivity index (χ2n) is 13.8. The summed E-state index contributed by atoms with van der Waals surface area (Å²) in [7, 11) is 0. The molecule has 0 heterocycles. The highest BCUT2D eigenvalue weighted by Gasteiger charge is 2.68. The molecule has 5 aliphatic carbocycles. The van der Waals surface area contributed by atoms with E-state index < -0.39 is 0 Å². The monoisotopic (exact) mass is 503 g/mol. The van der Waals surface area contributed by atoms with Crippen molar-refractivity contribution in [2.24, 2.45) is 39.2 Å². The summed E-state index contributed by atoms with van der Waals surface area (Å²) in [6, 6.07) is 0.938. The molecule has 5 nitrogen and oxygen atoms in total. The van der Waals surface area contributed by atoms with E-state index in [1.807, 2.05) is 6.92 Å². The van der Waals surface area contributed by atoms with Crippen molar-refractivity contribution >= 4 is 23.3 Å². The van der Waals surface area contributed by atoms with Crippen LogP contribution in [0.25, 0.3) is 0 Å². The molecule has 35 heavy (non-hydrogen) atoms. The minimum absolute atomic E-state index is 0.0517. The number of hydrogen-bond acceptors (Lipinski definition) is 4. The Balaban J connectivity index is 1.33. The van der Waals surface area contributed by atoms with Crippen LogP contribution in [0.15, 0.2) is 0 Å². The van der Waals surface area contributed by atoms with Crippen molar-refractivity contribution in [2.45, 2.75) is 129 Å². The highest BCUT2D eigenvalue weighted by Crippen LogP contribution is 2.73. The van der Waals surface area contributed by atoms with E-state index in [1.165, 1.54) is 51.4 Å². The van der Waals surface area contributed by atoms with Gasteiger partial charge < -0.3 is 21.1 Å². The van der Waals surface area contributed by atoms with E-state index in [9.17, 15) is 4.79 Å². The third-order valence-electron chi connectivity index (χ3n) is 11.8. The molecule has 0 radical (unpaired) electrons. The first kappa shape index (κ1) is 25.8. The van der Waals surface area contributed by atoms with Crippen LogP contribution in [0.1, 0.15) is 111 Å². The van der Waals surface area contributed by atoms with Gasteiger partial charge >= 0.3 is 5.97 Å². The van der Waals surface area contributed by atoms with Crippen LogP contribution in [0.4, 0.5) is 0 Å². The van der Waals surface area contributed by atoms with Crippen LogP contribution < -0.4 is 16.4 Å². The molecule has 0 unspecified atom stereocenters. The van der Waals surface area contributed by atoms with Gasteiger partial charge in [-0.15, -0.1) is 0 Å². The minimum Gasteiger partial charge on any atom is -0.466 e. The van der Waals surface area contributed by atoms with Crippen molar-refractivity contribution in [3.05, 3.63) is 0 Å². The fraction of sp³-hybridized carbons (Fsp3) is 0.931. The van der Waals surface area contributed by atoms with Crippen molar-refractivity contribution in [1.82, 2.24) is 10.6 Å². The summed E-state index contributed by atoms with van der Waals surface area (Å²) in [5, 5.41) is 8.22. The Kier molecular flexibility index (Phi) is 6.73. The Hall–Kier alpha value is -0.880. The first-order valence-electron chi connectivity index (χ1n) is 14.6. The van der Waals surface area contributed by atoms with Crippen molar-refractivity contribution < 1.29 is 9.53 Å². The Morgan fingerprint density at radius 1 is 0.971 bits per heavy atom. The van der Waals surface area contributed by atoms with Crippen LogP contribution in [0.2, 0.25) is 0 Å². The zero-order valence-corrected chi connectivity index (χ0v) is 23.4. The number of carbonyl (C=O) groups is 1. The van der Waals surface area contributed by atoms with Crippen LogP contribution in [0, 0.1) is 33.5 Å². The zero-order chi connectivity index (χ0) is 25.1. The Morgan fingerprint density at radius 2 is 1.71 bits per heavy atom. The quantitative estimate of drug-likeness (QED) is 0.350. The summed E-state index contributed by atoms with van der Waals surface area (Å²) in [5.74, 6) is 1.18. The zero-order valence-electron chi connectivity index (χ0n) is 22.6. The topological polar surface area (TPSA) is 76.4 Å². The highest BCUT2D eigenvalue weighted by atomic mass is 32.1. The van der Waals surface area contributed by atoms with Crippen LogP contribution >= 0.6 is 12.2 Å². The van der Waals surface area contributed by atoms with Gasteiger partial charge in [0.05, 0.1) is 12.0 Å². The molecule has 2 bridgehead atoms. The molecule has 0 aromatic carbocycles. The summed E-state index contributed by atoms with van der Waals surface area (Å²) in [6.45, 7) is 9.68. The van der Waals surface area contributed by atoms with Crippen LogP contribution in [-0.2, 0) is 9.53 Å². The predicted octanol–water partition coefficient (Wildman–Crippen LogP) is 5.46. The van der Waals surface area contributed by atoms with Gasteiger partial charge in [-0.05, 0) is 118 Å². The average Bonchev–Trinajstić information content (AvgIpc) is 2.99. The summed E-state index contributed by atoms with van der Waals surface area (Å²) in [5.41, 5.74) is 6.95. The fourth-order valence-electron chi connectivity index (χ4n) is 10.2. The van der Waals surface area contributed by atoms with E-state index in [1.54, 1.807) is 0 Å². The molecule has 0 amide bonds. The molecule has 4 N–H and O–H groups in total. The molecule has 5 fully saturated rings. The van der Waals surface area contributed by atoms with Gasteiger partial charge in [0.25, 0.3) is 0 Å². The smallest absolute Gasteiger partial charge is 0.312 e. The molecule has 0 aliphatic heterocycles. The first-order valence-corrected chi connectivity index (χ1v) is 15.0. The van der Waals surface area contributed by atoms with Crippen LogP contribution in [0.5, 0.6) is 0 Å². The maximum Gasteiger partial charge on any atom is 0.312 e. The third kappa shape index (κ3) is 4.13. The molecule has 198 valence electrons. The van der Waals surface area contributed by atoms with Gasteiger partial charge in [-0.2, -0.15) is 0 Å². The second kappa shape index (κ2) is 9.15. The van der Waals surface area contributed by atoms with E-state index in [4.69, 9.17) is 22.7 Å². The van der Waals surface area contributed by atoms with Gasteiger partial charge in [-0.25, -0.2) is 0 Å². The molecule has 0 aromatic heterocycles. The minimum atomic E-state index is -0.328. The largest absolute Gasteiger partial charge is 0.466 e. The van der Waals surface area contributed by atoms with E-state index in [2.05, 4.69) is 31.4 Å². The molecular weight excluding hydrogens is 454 g/mol. The predicted molar refractivity (Wildman–Crippen MR) is 145 cm³/mol. The molecule has 9 atom stereocenters. The number of carbonyl (C=O) groups excluding carboxylic acids is 1. The van der Waals surface area contributed by atoms with Crippen LogP contribution in [0.3, 0.4) is 0 Å². The number of ether oxygens (including phenoxy) is 1. The van der Waals surface area contributed by atoms with Gasteiger partial charge in [0.15, 0.2) is 5.11 Å². The molecule has 0 saturated heterocycles. The lowest BCUT2D eigenvalue weighted by atomic mass is 9.40. The molecule has 0 aromatic rings. The fourth-order valence-corrected chi connectivity index (χ4v) is 10.5. The van der Waals surface area contributed by atoms with E-state index in [0.717, 1.165) is 37.2 Å². The lowest BCUT2D eigenvalue weighted by Crippen LogP contribution is -2.58.